The first-order chi connectivity index (χ1) is 10.8. The lowest BCUT2D eigenvalue weighted by atomic mass is 10.0. The molecule has 1 unspecified atom stereocenters. The molecule has 0 bridgehead atoms. The molecule has 5 heteroatoms. The molecule has 1 rings (SSSR count). The molecule has 0 aliphatic rings. The molecule has 0 fully saturated rings. The van der Waals surface area contributed by atoms with Gasteiger partial charge in [-0.3, -0.25) is 4.79 Å². The lowest BCUT2D eigenvalue weighted by Crippen LogP contribution is -2.45. The highest BCUT2D eigenvalue weighted by atomic mass is 16.5. The van der Waals surface area contributed by atoms with Crippen LogP contribution in [0.1, 0.15) is 62.5 Å². The topological polar surface area (TPSA) is 67.4 Å². The van der Waals surface area contributed by atoms with Crippen molar-refractivity contribution >= 4 is 11.9 Å². The molecule has 0 aromatic heterocycles. The van der Waals surface area contributed by atoms with Crippen LogP contribution in [0.2, 0.25) is 0 Å². The zero-order chi connectivity index (χ0) is 17.5. The number of methoxy groups -OCH3 is 1. The van der Waals surface area contributed by atoms with Crippen molar-refractivity contribution in [1.29, 1.82) is 0 Å². The summed E-state index contributed by atoms with van der Waals surface area (Å²) in [7, 11) is 1.37. The van der Waals surface area contributed by atoms with Crippen LogP contribution in [-0.4, -0.2) is 31.1 Å². The van der Waals surface area contributed by atoms with Crippen molar-refractivity contribution in [3.8, 4) is 0 Å². The van der Waals surface area contributed by atoms with Gasteiger partial charge in [0.1, 0.15) is 0 Å². The van der Waals surface area contributed by atoms with Crippen molar-refractivity contribution in [2.75, 3.05) is 13.7 Å². The number of carbonyl (C=O) groups excluding carboxylic acids is 2. The molecule has 0 aliphatic carbocycles. The van der Waals surface area contributed by atoms with Gasteiger partial charge in [0.05, 0.1) is 19.2 Å². The fourth-order valence-electron chi connectivity index (χ4n) is 2.32. The average Bonchev–Trinajstić information content (AvgIpc) is 2.49. The van der Waals surface area contributed by atoms with Gasteiger partial charge < -0.3 is 15.4 Å². The predicted octanol–water partition coefficient (Wildman–Crippen LogP) is 2.82. The third-order valence-electron chi connectivity index (χ3n) is 3.33. The Bertz CT molecular complexity index is 518. The van der Waals surface area contributed by atoms with Crippen LogP contribution >= 0.6 is 0 Å². The van der Waals surface area contributed by atoms with E-state index in [-0.39, 0.29) is 30.0 Å². The van der Waals surface area contributed by atoms with E-state index in [1.54, 1.807) is 12.1 Å². The summed E-state index contributed by atoms with van der Waals surface area (Å²) >= 11 is 0. The van der Waals surface area contributed by atoms with Gasteiger partial charge in [-0.1, -0.05) is 25.5 Å². The van der Waals surface area contributed by atoms with Crippen LogP contribution < -0.4 is 10.6 Å². The summed E-state index contributed by atoms with van der Waals surface area (Å²) in [6.45, 7) is 8.24. The van der Waals surface area contributed by atoms with E-state index in [0.717, 1.165) is 18.4 Å². The first kappa shape index (κ1) is 19.2. The van der Waals surface area contributed by atoms with E-state index in [2.05, 4.69) is 17.6 Å². The molecule has 128 valence electrons. The van der Waals surface area contributed by atoms with Crippen molar-refractivity contribution in [3.63, 3.8) is 0 Å². The molecule has 1 amide bonds. The molecule has 2 N–H and O–H groups in total. The molecule has 1 aromatic carbocycles. The summed E-state index contributed by atoms with van der Waals surface area (Å²) in [5.74, 6) is -0.370. The maximum atomic E-state index is 11.9. The summed E-state index contributed by atoms with van der Waals surface area (Å²) < 4.78 is 4.70. The molecule has 23 heavy (non-hydrogen) atoms. The first-order valence-corrected chi connectivity index (χ1v) is 7.99. The highest BCUT2D eigenvalue weighted by Crippen LogP contribution is 2.19. The van der Waals surface area contributed by atoms with Gasteiger partial charge >= 0.3 is 5.97 Å². The molecule has 0 saturated heterocycles. The largest absolute Gasteiger partial charge is 0.465 e. The molecule has 0 saturated carbocycles. The van der Waals surface area contributed by atoms with E-state index in [9.17, 15) is 9.59 Å². The van der Waals surface area contributed by atoms with Crippen LogP contribution in [0.3, 0.4) is 0 Å². The van der Waals surface area contributed by atoms with Crippen molar-refractivity contribution in [2.24, 2.45) is 0 Å². The number of ether oxygens (including phenoxy) is 1. The number of hydrogen-bond donors (Lipinski definition) is 2. The Balaban J connectivity index is 2.70. The third kappa shape index (κ3) is 6.82. The number of amides is 1. The molecule has 1 aromatic rings. The molecule has 0 heterocycles. The normalized spacial score (nSPS) is 12.6. The van der Waals surface area contributed by atoms with Gasteiger partial charge in [0.2, 0.25) is 5.91 Å². The Kier molecular flexibility index (Phi) is 7.23. The van der Waals surface area contributed by atoms with Crippen LogP contribution in [0.15, 0.2) is 24.3 Å². The molecule has 0 aliphatic heterocycles. The zero-order valence-corrected chi connectivity index (χ0v) is 14.7. The first-order valence-electron chi connectivity index (χ1n) is 7.99. The highest BCUT2D eigenvalue weighted by Gasteiger charge is 2.16. The second-order valence-electron chi connectivity index (χ2n) is 6.63. The standard InChI is InChI=1S/C18H28N2O3/c1-6-7-15(19-12-16(21)20-18(2,3)4)13-8-10-14(11-9-13)17(22)23-5/h8-11,15,19H,6-7,12H2,1-5H3,(H,20,21). The van der Waals surface area contributed by atoms with Gasteiger partial charge in [-0.15, -0.1) is 0 Å². The minimum absolute atomic E-state index is 0.0233. The van der Waals surface area contributed by atoms with Crippen LogP contribution in [-0.2, 0) is 9.53 Å². The molecular weight excluding hydrogens is 292 g/mol. The van der Waals surface area contributed by atoms with Crippen LogP contribution in [0.4, 0.5) is 0 Å². The smallest absolute Gasteiger partial charge is 0.337 e. The fraction of sp³-hybridized carbons (Fsp3) is 0.556. The van der Waals surface area contributed by atoms with Gasteiger partial charge in [-0.2, -0.15) is 0 Å². The van der Waals surface area contributed by atoms with E-state index in [0.29, 0.717) is 5.56 Å². The molecule has 1 atom stereocenters. The molecule has 5 nitrogen and oxygen atoms in total. The van der Waals surface area contributed by atoms with Crippen LogP contribution in [0.5, 0.6) is 0 Å². The summed E-state index contributed by atoms with van der Waals surface area (Å²) in [6, 6.07) is 7.39. The Morgan fingerprint density at radius 2 is 1.78 bits per heavy atom. The van der Waals surface area contributed by atoms with Gasteiger partial charge in [0, 0.05) is 11.6 Å². The van der Waals surface area contributed by atoms with Crippen LogP contribution in [0.25, 0.3) is 0 Å². The monoisotopic (exact) mass is 320 g/mol. The Morgan fingerprint density at radius 3 is 2.26 bits per heavy atom. The summed E-state index contributed by atoms with van der Waals surface area (Å²) in [4.78, 5) is 23.4. The molecule has 0 spiro atoms. The quantitative estimate of drug-likeness (QED) is 0.758. The SMILES string of the molecule is CCCC(NCC(=O)NC(C)(C)C)c1ccc(C(=O)OC)cc1. The summed E-state index contributed by atoms with van der Waals surface area (Å²) in [6.07, 6.45) is 1.91. The van der Waals surface area contributed by atoms with Gasteiger partial charge in [-0.05, 0) is 44.9 Å². The Morgan fingerprint density at radius 1 is 1.17 bits per heavy atom. The number of benzene rings is 1. The minimum atomic E-state index is -0.346. The van der Waals surface area contributed by atoms with Gasteiger partial charge in [-0.25, -0.2) is 4.79 Å². The average molecular weight is 320 g/mol. The van der Waals surface area contributed by atoms with Crippen LogP contribution in [0, 0.1) is 0 Å². The summed E-state index contributed by atoms with van der Waals surface area (Å²) in [5.41, 5.74) is 1.35. The number of nitrogens with one attached hydrogen (secondary N) is 2. The highest BCUT2D eigenvalue weighted by molar-refractivity contribution is 5.89. The van der Waals surface area contributed by atoms with Crippen molar-refractivity contribution in [3.05, 3.63) is 35.4 Å². The number of rotatable bonds is 7. The van der Waals surface area contributed by atoms with Crippen molar-refractivity contribution < 1.29 is 14.3 Å². The predicted molar refractivity (Wildman–Crippen MR) is 91.3 cm³/mol. The number of hydrogen-bond acceptors (Lipinski definition) is 4. The minimum Gasteiger partial charge on any atom is -0.465 e. The maximum Gasteiger partial charge on any atom is 0.337 e. The zero-order valence-electron chi connectivity index (χ0n) is 14.7. The Hall–Kier alpha value is -1.88. The third-order valence-corrected chi connectivity index (χ3v) is 3.33. The van der Waals surface area contributed by atoms with Gasteiger partial charge in [0.15, 0.2) is 0 Å². The lowest BCUT2D eigenvalue weighted by molar-refractivity contribution is -0.121. The lowest BCUT2D eigenvalue weighted by Gasteiger charge is -2.23. The van der Waals surface area contributed by atoms with E-state index >= 15 is 0 Å². The van der Waals surface area contributed by atoms with Gasteiger partial charge in [0.25, 0.3) is 0 Å². The van der Waals surface area contributed by atoms with Crippen molar-refractivity contribution in [1.82, 2.24) is 10.6 Å². The van der Waals surface area contributed by atoms with E-state index in [1.807, 2.05) is 32.9 Å². The second-order valence-corrected chi connectivity index (χ2v) is 6.63. The second kappa shape index (κ2) is 8.67. The van der Waals surface area contributed by atoms with E-state index < -0.39 is 0 Å². The fourth-order valence-corrected chi connectivity index (χ4v) is 2.32. The van der Waals surface area contributed by atoms with Crippen molar-refractivity contribution in [2.45, 2.75) is 52.1 Å². The number of esters is 1. The van der Waals surface area contributed by atoms with E-state index in [4.69, 9.17) is 4.74 Å². The number of carbonyl (C=O) groups is 2. The molecular formula is C18H28N2O3. The Labute approximate surface area is 138 Å². The maximum absolute atomic E-state index is 11.9. The molecule has 0 radical (unpaired) electrons. The summed E-state index contributed by atoms with van der Waals surface area (Å²) in [5, 5.41) is 6.23. The van der Waals surface area contributed by atoms with E-state index in [1.165, 1.54) is 7.11 Å².